The molecule has 34 heavy (non-hydrogen) atoms. The second-order valence-corrected chi connectivity index (χ2v) is 9.82. The Morgan fingerprint density at radius 2 is 1.82 bits per heavy atom. The Kier molecular flexibility index (Phi) is 5.68. The lowest BCUT2D eigenvalue weighted by atomic mass is 10.1. The maximum absolute atomic E-state index is 12.8. The number of hydrogen-bond acceptors (Lipinski definition) is 7. The zero-order valence-corrected chi connectivity index (χ0v) is 19.7. The minimum atomic E-state index is -3.95. The molecule has 0 bridgehead atoms. The Morgan fingerprint density at radius 3 is 2.56 bits per heavy atom. The predicted molar refractivity (Wildman–Crippen MR) is 130 cm³/mol. The topological polar surface area (TPSA) is 114 Å². The molecule has 2 aromatic carbocycles. The van der Waals surface area contributed by atoms with Crippen LogP contribution in [0, 0.1) is 0 Å². The number of benzene rings is 2. The number of nitrogens with two attached hydrogens (primary N) is 1. The minimum absolute atomic E-state index is 0.0409. The highest BCUT2D eigenvalue weighted by molar-refractivity contribution is 7.92. The quantitative estimate of drug-likeness (QED) is 0.421. The third-order valence-corrected chi connectivity index (χ3v) is 7.60. The van der Waals surface area contributed by atoms with E-state index in [2.05, 4.69) is 9.71 Å². The van der Waals surface area contributed by atoms with Crippen molar-refractivity contribution in [1.82, 2.24) is 4.98 Å². The van der Waals surface area contributed by atoms with Gasteiger partial charge in [-0.05, 0) is 48.5 Å². The molecule has 1 atom stereocenters. The third-order valence-electron chi connectivity index (χ3n) is 5.25. The van der Waals surface area contributed by atoms with E-state index in [1.165, 1.54) is 24.5 Å². The fourth-order valence-electron chi connectivity index (χ4n) is 3.65. The first-order valence-electron chi connectivity index (χ1n) is 10.0. The number of rotatable bonds is 5. The monoisotopic (exact) mass is 513 g/mol. The van der Waals surface area contributed by atoms with Crippen molar-refractivity contribution in [3.63, 3.8) is 0 Å². The van der Waals surface area contributed by atoms with Gasteiger partial charge in [0.2, 0.25) is 5.55 Å². The van der Waals surface area contributed by atoms with Crippen molar-refractivity contribution < 1.29 is 12.8 Å². The number of anilines is 2. The van der Waals surface area contributed by atoms with Gasteiger partial charge in [0.05, 0.1) is 21.5 Å². The van der Waals surface area contributed by atoms with Crippen LogP contribution in [0.5, 0.6) is 0 Å². The van der Waals surface area contributed by atoms with Gasteiger partial charge in [0.15, 0.2) is 6.17 Å². The van der Waals surface area contributed by atoms with Crippen molar-refractivity contribution in [3.8, 4) is 0 Å². The predicted octanol–water partition coefficient (Wildman–Crippen LogP) is 3.65. The van der Waals surface area contributed by atoms with Crippen LogP contribution >= 0.6 is 23.2 Å². The molecule has 3 N–H and O–H groups in total. The molecule has 3 heterocycles. The average Bonchev–Trinajstić information content (AvgIpc) is 3.31. The highest BCUT2D eigenvalue weighted by atomic mass is 35.5. The van der Waals surface area contributed by atoms with Gasteiger partial charge in [0, 0.05) is 29.3 Å². The molecule has 5 rings (SSSR count). The zero-order valence-electron chi connectivity index (χ0n) is 17.4. The Morgan fingerprint density at radius 1 is 1.03 bits per heavy atom. The summed E-state index contributed by atoms with van der Waals surface area (Å²) in [5.41, 5.74) is 8.79. The van der Waals surface area contributed by atoms with Crippen molar-refractivity contribution in [3.05, 3.63) is 106 Å². The van der Waals surface area contributed by atoms with Gasteiger partial charge in [-0.25, -0.2) is 13.4 Å². The van der Waals surface area contributed by atoms with E-state index >= 15 is 0 Å². The molecule has 0 fully saturated rings. The largest absolute Gasteiger partial charge is 0.446 e. The second kappa shape index (κ2) is 8.68. The fraction of sp³-hybridized carbons (Fsp3) is 0.0435. The molecule has 1 aliphatic rings. The van der Waals surface area contributed by atoms with E-state index in [9.17, 15) is 8.42 Å². The van der Waals surface area contributed by atoms with Crippen LogP contribution in [0.4, 0.5) is 11.4 Å². The van der Waals surface area contributed by atoms with Gasteiger partial charge in [-0.15, -0.1) is 0 Å². The molecule has 2 aromatic heterocycles. The van der Waals surface area contributed by atoms with E-state index < -0.39 is 16.2 Å². The first-order chi connectivity index (χ1) is 16.3. The minimum Gasteiger partial charge on any atom is -0.446 e. The lowest BCUT2D eigenvalue weighted by Gasteiger charge is -2.32. The summed E-state index contributed by atoms with van der Waals surface area (Å²) < 4.78 is 33.7. The van der Waals surface area contributed by atoms with Crippen molar-refractivity contribution in [2.24, 2.45) is 10.7 Å². The molecule has 0 saturated carbocycles. The van der Waals surface area contributed by atoms with Crippen LogP contribution in [-0.4, -0.2) is 13.4 Å². The molecular weight excluding hydrogens is 497 g/mol. The summed E-state index contributed by atoms with van der Waals surface area (Å²) >= 11 is 12.1. The van der Waals surface area contributed by atoms with E-state index in [1.54, 1.807) is 42.7 Å². The number of sulfonamides is 1. The maximum Gasteiger partial charge on any atom is 0.263 e. The second-order valence-electron chi connectivity index (χ2n) is 7.39. The normalized spacial score (nSPS) is 15.5. The van der Waals surface area contributed by atoms with Crippen molar-refractivity contribution >= 4 is 50.4 Å². The standard InChI is InChI=1S/C23H17Cl2N5O3S/c24-18-4-1-5-19(20(18)25)34(31,32)29-15-6-8-16(9-7-15)30-21(26)17-10-12-33-23(17)28-22(30)14-3-2-11-27-13-14/h1-13,22,29H,26H2. The van der Waals surface area contributed by atoms with Crippen molar-refractivity contribution in [1.29, 1.82) is 0 Å². The summed E-state index contributed by atoms with van der Waals surface area (Å²) in [6.07, 6.45) is 4.40. The number of hydrogen-bond donors (Lipinski definition) is 2. The smallest absolute Gasteiger partial charge is 0.263 e. The summed E-state index contributed by atoms with van der Waals surface area (Å²) in [7, 11) is -3.95. The lowest BCUT2D eigenvalue weighted by Crippen LogP contribution is -2.43. The third kappa shape index (κ3) is 3.98. The molecule has 0 saturated heterocycles. The first kappa shape index (κ1) is 22.3. The van der Waals surface area contributed by atoms with Crippen LogP contribution in [0.15, 0.2) is 93.6 Å². The van der Waals surface area contributed by atoms with E-state index in [0.717, 1.165) is 5.56 Å². The van der Waals surface area contributed by atoms with Crippen LogP contribution in [0.1, 0.15) is 11.7 Å². The Labute approximate surface area is 205 Å². The lowest BCUT2D eigenvalue weighted by molar-refractivity contribution is 0.483. The Hall–Kier alpha value is -3.53. The first-order valence-corrected chi connectivity index (χ1v) is 12.3. The van der Waals surface area contributed by atoms with Gasteiger partial charge < -0.3 is 15.1 Å². The van der Waals surface area contributed by atoms with E-state index in [4.69, 9.17) is 38.3 Å². The summed E-state index contributed by atoms with van der Waals surface area (Å²) in [6.45, 7) is 0. The van der Waals surface area contributed by atoms with E-state index in [1.807, 2.05) is 17.0 Å². The van der Waals surface area contributed by atoms with Gasteiger partial charge >= 0.3 is 0 Å². The van der Waals surface area contributed by atoms with Gasteiger partial charge in [0.25, 0.3) is 10.0 Å². The van der Waals surface area contributed by atoms with Crippen LogP contribution < -0.4 is 26.1 Å². The van der Waals surface area contributed by atoms with E-state index in [-0.39, 0.29) is 14.9 Å². The fourth-order valence-corrected chi connectivity index (χ4v) is 5.47. The molecule has 172 valence electrons. The molecule has 0 aliphatic carbocycles. The molecule has 0 radical (unpaired) electrons. The Bertz CT molecular complexity index is 1590. The van der Waals surface area contributed by atoms with Crippen LogP contribution in [0.3, 0.4) is 0 Å². The van der Waals surface area contributed by atoms with Crippen LogP contribution in [0.25, 0.3) is 5.82 Å². The molecule has 11 heteroatoms. The molecule has 1 aliphatic heterocycles. The number of halogens is 2. The van der Waals surface area contributed by atoms with Gasteiger partial charge in [-0.3, -0.25) is 9.71 Å². The highest BCUT2D eigenvalue weighted by Gasteiger charge is 2.27. The number of aromatic nitrogens is 1. The van der Waals surface area contributed by atoms with Crippen molar-refractivity contribution in [2.45, 2.75) is 11.1 Å². The van der Waals surface area contributed by atoms with Gasteiger partial charge in [0.1, 0.15) is 10.7 Å². The van der Waals surface area contributed by atoms with Gasteiger partial charge in [-0.1, -0.05) is 35.3 Å². The maximum atomic E-state index is 12.8. The zero-order chi connectivity index (χ0) is 23.9. The molecule has 4 aromatic rings. The summed E-state index contributed by atoms with van der Waals surface area (Å²) in [6, 6.07) is 16.6. The molecule has 1 unspecified atom stereocenters. The number of furan rings is 1. The summed E-state index contributed by atoms with van der Waals surface area (Å²) in [4.78, 5) is 10.6. The molecule has 0 spiro atoms. The molecular formula is C23H17Cl2N5O3S. The van der Waals surface area contributed by atoms with Crippen molar-refractivity contribution in [2.75, 3.05) is 9.62 Å². The number of nitrogens with one attached hydrogen (secondary N) is 1. The Balaban J connectivity index is 1.50. The molecule has 8 nitrogen and oxygen atoms in total. The number of pyridine rings is 1. The van der Waals surface area contributed by atoms with E-state index in [0.29, 0.717) is 28.0 Å². The van der Waals surface area contributed by atoms with Crippen LogP contribution in [-0.2, 0) is 10.0 Å². The highest BCUT2D eigenvalue weighted by Crippen LogP contribution is 2.33. The summed E-state index contributed by atoms with van der Waals surface area (Å²) in [5.74, 6) is 0.451. The van der Waals surface area contributed by atoms with Gasteiger partial charge in [-0.2, -0.15) is 0 Å². The average molecular weight is 514 g/mol. The summed E-state index contributed by atoms with van der Waals surface area (Å²) in [5, 5.41) is 0.779. The number of nitrogens with zero attached hydrogens (tertiary/aromatic N) is 3. The number of fused-ring (bicyclic) bond motifs is 1. The SMILES string of the molecule is NC1=c2ccoc2=NC(c2cccnc2)N1c1ccc(NS(=O)(=O)c2cccc(Cl)c2Cl)cc1. The molecule has 0 amide bonds. The van der Waals surface area contributed by atoms with Crippen LogP contribution in [0.2, 0.25) is 10.0 Å².